The summed E-state index contributed by atoms with van der Waals surface area (Å²) in [6.45, 7) is 5.52. The van der Waals surface area contributed by atoms with E-state index in [1.165, 1.54) is 0 Å². The number of benzene rings is 2. The minimum absolute atomic E-state index is 0. The molecule has 1 fully saturated rings. The van der Waals surface area contributed by atoms with Gasteiger partial charge in [-0.2, -0.15) is 0 Å². The maximum Gasteiger partial charge on any atom is 0.338 e. The molecule has 1 heterocycles. The fourth-order valence-corrected chi connectivity index (χ4v) is 3.60. The molecule has 0 amide bonds. The van der Waals surface area contributed by atoms with E-state index in [-0.39, 0.29) is 36.6 Å². The van der Waals surface area contributed by atoms with Gasteiger partial charge in [0.2, 0.25) is 0 Å². The Balaban J connectivity index is 0.00000341. The van der Waals surface area contributed by atoms with Crippen LogP contribution in [0.1, 0.15) is 41.3 Å². The Hall–Kier alpha value is -2.13. The largest absolute Gasteiger partial charge is 0.457 e. The molecule has 0 bridgehead atoms. The van der Waals surface area contributed by atoms with E-state index in [4.69, 9.17) is 9.47 Å². The molecule has 0 aromatic heterocycles. The van der Waals surface area contributed by atoms with Gasteiger partial charge < -0.3 is 19.7 Å². The first kappa shape index (κ1) is 25.1. The first-order valence-corrected chi connectivity index (χ1v) is 10.6. The number of esters is 1. The second kappa shape index (κ2) is 13.3. The third kappa shape index (κ3) is 7.81. The van der Waals surface area contributed by atoms with E-state index in [0.717, 1.165) is 49.6 Å². The number of ether oxygens (including phenoxy) is 2. The van der Waals surface area contributed by atoms with Crippen LogP contribution in [-0.4, -0.2) is 49.7 Å². The molecule has 1 saturated heterocycles. The molecular formula is C24H32IN3O3. The van der Waals surface area contributed by atoms with Gasteiger partial charge in [-0.1, -0.05) is 42.5 Å². The number of piperidine rings is 1. The Morgan fingerprint density at radius 2 is 1.81 bits per heavy atom. The van der Waals surface area contributed by atoms with Gasteiger partial charge in [0.25, 0.3) is 0 Å². The molecule has 0 spiro atoms. The summed E-state index contributed by atoms with van der Waals surface area (Å²) < 4.78 is 11.2. The van der Waals surface area contributed by atoms with Crippen LogP contribution in [0, 0.1) is 0 Å². The van der Waals surface area contributed by atoms with Crippen LogP contribution in [0.5, 0.6) is 0 Å². The Bertz CT molecular complexity index is 837. The van der Waals surface area contributed by atoms with E-state index in [1.807, 2.05) is 55.5 Å². The van der Waals surface area contributed by atoms with Gasteiger partial charge in [-0.05, 0) is 43.0 Å². The number of guanidine groups is 1. The minimum Gasteiger partial charge on any atom is -0.457 e. The Morgan fingerprint density at radius 1 is 1.10 bits per heavy atom. The van der Waals surface area contributed by atoms with Gasteiger partial charge >= 0.3 is 5.97 Å². The summed E-state index contributed by atoms with van der Waals surface area (Å²) in [5.41, 5.74) is 2.54. The van der Waals surface area contributed by atoms with Gasteiger partial charge in [0.15, 0.2) is 5.96 Å². The number of carbonyl (C=O) groups is 1. The van der Waals surface area contributed by atoms with Crippen molar-refractivity contribution in [2.45, 2.75) is 39.0 Å². The first-order valence-electron chi connectivity index (χ1n) is 10.6. The highest BCUT2D eigenvalue weighted by Crippen LogP contribution is 2.14. The smallest absolute Gasteiger partial charge is 0.338 e. The monoisotopic (exact) mass is 537 g/mol. The highest BCUT2D eigenvalue weighted by Gasteiger charge is 2.21. The van der Waals surface area contributed by atoms with Crippen molar-refractivity contribution in [3.05, 3.63) is 71.3 Å². The maximum atomic E-state index is 12.4. The Labute approximate surface area is 202 Å². The second-order valence-corrected chi connectivity index (χ2v) is 7.30. The molecule has 168 valence electrons. The zero-order valence-electron chi connectivity index (χ0n) is 18.3. The van der Waals surface area contributed by atoms with Crippen LogP contribution < -0.4 is 5.32 Å². The van der Waals surface area contributed by atoms with E-state index >= 15 is 0 Å². The maximum absolute atomic E-state index is 12.4. The standard InChI is InChI=1S/C24H31N3O3.HI/c1-3-29-22-12-14-27(15-13-22)24(25-2)26-17-20-10-7-11-21(16-20)23(28)30-18-19-8-5-4-6-9-19;/h4-11,16,22H,3,12-15,17-18H2,1-2H3,(H,25,26);1H. The van der Waals surface area contributed by atoms with Crippen LogP contribution in [0.4, 0.5) is 0 Å². The molecule has 1 N–H and O–H groups in total. The van der Waals surface area contributed by atoms with Crippen molar-refractivity contribution in [1.82, 2.24) is 10.2 Å². The van der Waals surface area contributed by atoms with Gasteiger partial charge in [0, 0.05) is 33.3 Å². The summed E-state index contributed by atoms with van der Waals surface area (Å²) in [6.07, 6.45) is 2.37. The van der Waals surface area contributed by atoms with Crippen LogP contribution in [0.2, 0.25) is 0 Å². The molecule has 0 aliphatic carbocycles. The number of rotatable bonds is 7. The zero-order valence-corrected chi connectivity index (χ0v) is 20.6. The van der Waals surface area contributed by atoms with Crippen LogP contribution in [0.25, 0.3) is 0 Å². The van der Waals surface area contributed by atoms with Crippen molar-refractivity contribution in [1.29, 1.82) is 0 Å². The molecule has 1 aliphatic heterocycles. The first-order chi connectivity index (χ1) is 14.7. The molecule has 6 nitrogen and oxygen atoms in total. The van der Waals surface area contributed by atoms with Gasteiger partial charge in [0.1, 0.15) is 6.61 Å². The summed E-state index contributed by atoms with van der Waals surface area (Å²) >= 11 is 0. The van der Waals surface area contributed by atoms with Gasteiger partial charge in [0.05, 0.1) is 11.7 Å². The quantitative estimate of drug-likeness (QED) is 0.248. The summed E-state index contributed by atoms with van der Waals surface area (Å²) in [6, 6.07) is 17.2. The van der Waals surface area contributed by atoms with E-state index in [0.29, 0.717) is 18.2 Å². The molecule has 7 heteroatoms. The third-order valence-corrected chi connectivity index (χ3v) is 5.18. The summed E-state index contributed by atoms with van der Waals surface area (Å²) in [5, 5.41) is 3.41. The Morgan fingerprint density at radius 3 is 2.48 bits per heavy atom. The fraction of sp³-hybridized carbons (Fsp3) is 0.417. The van der Waals surface area contributed by atoms with Crippen LogP contribution >= 0.6 is 24.0 Å². The van der Waals surface area contributed by atoms with Gasteiger partial charge in [-0.15, -0.1) is 24.0 Å². The van der Waals surface area contributed by atoms with Crippen molar-refractivity contribution in [3.63, 3.8) is 0 Å². The highest BCUT2D eigenvalue weighted by molar-refractivity contribution is 14.0. The summed E-state index contributed by atoms with van der Waals surface area (Å²) in [7, 11) is 1.80. The Kier molecular flexibility index (Phi) is 10.8. The van der Waals surface area contributed by atoms with E-state index in [9.17, 15) is 4.79 Å². The average Bonchev–Trinajstić information content (AvgIpc) is 2.80. The molecule has 1 aliphatic rings. The SMILES string of the molecule is CCOC1CCN(C(=NC)NCc2cccc(C(=O)OCc3ccccc3)c2)CC1.I. The van der Waals surface area contributed by atoms with Gasteiger partial charge in [-0.25, -0.2) is 4.79 Å². The predicted octanol–water partition coefficient (Wildman–Crippen LogP) is 4.24. The molecule has 3 rings (SSSR count). The number of nitrogens with zero attached hydrogens (tertiary/aromatic N) is 2. The van der Waals surface area contributed by atoms with Crippen LogP contribution in [0.15, 0.2) is 59.6 Å². The minimum atomic E-state index is -0.317. The fourth-order valence-electron chi connectivity index (χ4n) is 3.60. The molecule has 2 aromatic carbocycles. The molecule has 0 radical (unpaired) electrons. The van der Waals surface area contributed by atoms with Gasteiger partial charge in [-0.3, -0.25) is 4.99 Å². The lowest BCUT2D eigenvalue weighted by molar-refractivity contribution is 0.0263. The van der Waals surface area contributed by atoms with Crippen molar-refractivity contribution < 1.29 is 14.3 Å². The lowest BCUT2D eigenvalue weighted by Gasteiger charge is -2.34. The zero-order chi connectivity index (χ0) is 21.2. The second-order valence-electron chi connectivity index (χ2n) is 7.30. The van der Waals surface area contributed by atoms with Crippen molar-refractivity contribution >= 4 is 35.9 Å². The average molecular weight is 537 g/mol. The number of likely N-dealkylation sites (tertiary alicyclic amines) is 1. The van der Waals surface area contributed by atoms with Crippen molar-refractivity contribution in [2.75, 3.05) is 26.7 Å². The molecule has 0 unspecified atom stereocenters. The van der Waals surface area contributed by atoms with Crippen LogP contribution in [-0.2, 0) is 22.6 Å². The molecule has 0 atom stereocenters. The lowest BCUT2D eigenvalue weighted by atomic mass is 10.1. The number of aliphatic imine (C=N–C) groups is 1. The van der Waals surface area contributed by atoms with Crippen molar-refractivity contribution in [2.24, 2.45) is 4.99 Å². The number of hydrogen-bond acceptors (Lipinski definition) is 4. The van der Waals surface area contributed by atoms with Crippen LogP contribution in [0.3, 0.4) is 0 Å². The number of nitrogens with one attached hydrogen (secondary N) is 1. The summed E-state index contributed by atoms with van der Waals surface area (Å²) in [4.78, 5) is 19.1. The van der Waals surface area contributed by atoms with Crippen molar-refractivity contribution in [3.8, 4) is 0 Å². The molecule has 31 heavy (non-hydrogen) atoms. The van der Waals surface area contributed by atoms with E-state index in [2.05, 4.69) is 15.2 Å². The topological polar surface area (TPSA) is 63.2 Å². The normalized spacial score (nSPS) is 14.6. The number of carbonyl (C=O) groups excluding carboxylic acids is 1. The molecular weight excluding hydrogens is 505 g/mol. The lowest BCUT2D eigenvalue weighted by Crippen LogP contribution is -2.46. The molecule has 0 saturated carbocycles. The number of hydrogen-bond donors (Lipinski definition) is 1. The summed E-state index contributed by atoms with van der Waals surface area (Å²) in [5.74, 6) is 0.560. The van der Waals surface area contributed by atoms with E-state index in [1.54, 1.807) is 13.1 Å². The third-order valence-electron chi connectivity index (χ3n) is 5.18. The molecule has 2 aromatic rings. The number of halogens is 1. The highest BCUT2D eigenvalue weighted by atomic mass is 127. The predicted molar refractivity (Wildman–Crippen MR) is 134 cm³/mol. The van der Waals surface area contributed by atoms with E-state index < -0.39 is 0 Å².